The lowest BCUT2D eigenvalue weighted by Gasteiger charge is -2.22. The Labute approximate surface area is 147 Å². The highest BCUT2D eigenvalue weighted by molar-refractivity contribution is 14.0. The number of halogens is 1. The van der Waals surface area contributed by atoms with Gasteiger partial charge in [-0.15, -0.1) is 35.3 Å². The van der Waals surface area contributed by atoms with Crippen molar-refractivity contribution in [3.05, 3.63) is 22.4 Å². The van der Waals surface area contributed by atoms with E-state index in [0.717, 1.165) is 18.9 Å². The number of esters is 1. The number of hydrogen-bond donors (Lipinski definition) is 1. The first kappa shape index (κ1) is 20.2. The zero-order valence-electron chi connectivity index (χ0n) is 13.0. The summed E-state index contributed by atoms with van der Waals surface area (Å²) in [7, 11) is 5.14. The predicted molar refractivity (Wildman–Crippen MR) is 98.6 cm³/mol. The van der Waals surface area contributed by atoms with E-state index in [2.05, 4.69) is 32.7 Å². The number of likely N-dealkylation sites (N-methyl/N-ethyl adjacent to an activating group) is 1. The van der Waals surface area contributed by atoms with Gasteiger partial charge >= 0.3 is 5.97 Å². The molecule has 120 valence electrons. The Morgan fingerprint density at radius 3 is 2.81 bits per heavy atom. The van der Waals surface area contributed by atoms with Crippen LogP contribution < -0.4 is 5.32 Å². The Bertz CT molecular complexity index is 437. The number of nitrogens with zero attached hydrogens (tertiary/aromatic N) is 2. The maximum absolute atomic E-state index is 11.3. The van der Waals surface area contributed by atoms with E-state index < -0.39 is 0 Å². The minimum Gasteiger partial charge on any atom is -0.469 e. The van der Waals surface area contributed by atoms with Gasteiger partial charge in [0.25, 0.3) is 0 Å². The summed E-state index contributed by atoms with van der Waals surface area (Å²) in [5, 5.41) is 5.28. The number of hydrogen-bond acceptors (Lipinski definition) is 4. The fourth-order valence-corrected chi connectivity index (χ4v) is 2.45. The first-order valence-electron chi connectivity index (χ1n) is 6.60. The molecule has 0 aliphatic carbocycles. The van der Waals surface area contributed by atoms with Gasteiger partial charge in [0.1, 0.15) is 0 Å². The number of guanidine groups is 1. The first-order chi connectivity index (χ1) is 9.58. The molecule has 0 fully saturated rings. The Balaban J connectivity index is 0.00000400. The van der Waals surface area contributed by atoms with Crippen LogP contribution in [0.1, 0.15) is 11.8 Å². The number of carbonyl (C=O) groups is 1. The lowest BCUT2D eigenvalue weighted by atomic mass is 10.2. The third kappa shape index (κ3) is 7.12. The summed E-state index contributed by atoms with van der Waals surface area (Å²) in [6.07, 6.45) is 0.988. The van der Waals surface area contributed by atoms with E-state index in [1.54, 1.807) is 18.4 Å². The van der Waals surface area contributed by atoms with E-state index >= 15 is 0 Å². The number of carbonyl (C=O) groups excluding carboxylic acids is 1. The molecule has 0 saturated heterocycles. The molecule has 0 amide bonds. The SMILES string of the molecule is CN=C(NCC(C)C(=O)OC)N(C)CCc1cccs1.I. The zero-order chi connectivity index (χ0) is 15.0. The molecule has 7 heteroatoms. The smallest absolute Gasteiger partial charge is 0.310 e. The molecule has 1 unspecified atom stereocenters. The Kier molecular flexibility index (Phi) is 10.4. The van der Waals surface area contributed by atoms with E-state index in [4.69, 9.17) is 4.74 Å². The number of rotatable bonds is 6. The third-order valence-corrected chi connectivity index (χ3v) is 3.95. The molecule has 0 spiro atoms. The van der Waals surface area contributed by atoms with Crippen molar-refractivity contribution in [2.75, 3.05) is 34.3 Å². The molecule has 0 radical (unpaired) electrons. The van der Waals surface area contributed by atoms with Crippen LogP contribution in [-0.4, -0.2) is 51.1 Å². The van der Waals surface area contributed by atoms with Gasteiger partial charge in [-0.2, -0.15) is 0 Å². The zero-order valence-corrected chi connectivity index (χ0v) is 16.1. The lowest BCUT2D eigenvalue weighted by molar-refractivity contribution is -0.144. The van der Waals surface area contributed by atoms with Gasteiger partial charge in [-0.1, -0.05) is 13.0 Å². The molecule has 1 aromatic rings. The van der Waals surface area contributed by atoms with Gasteiger partial charge in [0, 0.05) is 32.1 Å². The van der Waals surface area contributed by atoms with Crippen LogP contribution in [0.15, 0.2) is 22.5 Å². The average Bonchev–Trinajstić information content (AvgIpc) is 2.97. The van der Waals surface area contributed by atoms with E-state index in [1.165, 1.54) is 12.0 Å². The molecule has 1 rings (SSSR count). The van der Waals surface area contributed by atoms with Crippen LogP contribution in [0.2, 0.25) is 0 Å². The minimum absolute atomic E-state index is 0. The summed E-state index contributed by atoms with van der Waals surface area (Å²) in [5.74, 6) is 0.383. The molecular weight excluding hydrogens is 401 g/mol. The summed E-state index contributed by atoms with van der Waals surface area (Å²) in [4.78, 5) is 19.0. The number of nitrogens with one attached hydrogen (secondary N) is 1. The molecule has 1 heterocycles. The van der Waals surface area contributed by atoms with Crippen LogP contribution in [0.3, 0.4) is 0 Å². The van der Waals surface area contributed by atoms with Crippen molar-refractivity contribution in [3.8, 4) is 0 Å². The monoisotopic (exact) mass is 425 g/mol. The van der Waals surface area contributed by atoms with E-state index in [-0.39, 0.29) is 35.9 Å². The maximum atomic E-state index is 11.3. The fourth-order valence-electron chi connectivity index (χ4n) is 1.75. The maximum Gasteiger partial charge on any atom is 0.310 e. The van der Waals surface area contributed by atoms with Crippen LogP contribution in [-0.2, 0) is 16.0 Å². The van der Waals surface area contributed by atoms with Crippen molar-refractivity contribution in [3.63, 3.8) is 0 Å². The standard InChI is InChI=1S/C14H23N3O2S.HI/c1-11(13(18)19-4)10-16-14(15-2)17(3)8-7-12-6-5-9-20-12;/h5-6,9,11H,7-8,10H2,1-4H3,(H,15,16);1H. The van der Waals surface area contributed by atoms with Gasteiger partial charge in [0.15, 0.2) is 5.96 Å². The topological polar surface area (TPSA) is 53.9 Å². The highest BCUT2D eigenvalue weighted by Gasteiger charge is 2.14. The fraction of sp³-hybridized carbons (Fsp3) is 0.571. The van der Waals surface area contributed by atoms with Crippen LogP contribution in [0.25, 0.3) is 0 Å². The van der Waals surface area contributed by atoms with Gasteiger partial charge in [0.2, 0.25) is 0 Å². The summed E-state index contributed by atoms with van der Waals surface area (Å²) in [6.45, 7) is 3.23. The molecule has 1 aromatic heterocycles. The lowest BCUT2D eigenvalue weighted by Crippen LogP contribution is -2.42. The van der Waals surface area contributed by atoms with Gasteiger partial charge in [-0.05, 0) is 17.9 Å². The minimum atomic E-state index is -0.214. The largest absolute Gasteiger partial charge is 0.469 e. The molecule has 0 aliphatic heterocycles. The predicted octanol–water partition coefficient (Wildman–Crippen LogP) is 2.22. The van der Waals surface area contributed by atoms with E-state index in [0.29, 0.717) is 6.54 Å². The quantitative estimate of drug-likeness (QED) is 0.329. The van der Waals surface area contributed by atoms with Crippen molar-refractivity contribution < 1.29 is 9.53 Å². The van der Waals surface area contributed by atoms with Gasteiger partial charge in [-0.3, -0.25) is 9.79 Å². The normalized spacial score (nSPS) is 12.3. The number of aliphatic imine (C=N–C) groups is 1. The summed E-state index contributed by atoms with van der Waals surface area (Å²) < 4.78 is 4.70. The van der Waals surface area contributed by atoms with Gasteiger partial charge < -0.3 is 15.0 Å². The van der Waals surface area contributed by atoms with Crippen LogP contribution in [0.4, 0.5) is 0 Å². The van der Waals surface area contributed by atoms with Crippen molar-refractivity contribution >= 4 is 47.2 Å². The molecule has 0 bridgehead atoms. The second kappa shape index (κ2) is 10.8. The molecule has 1 N–H and O–H groups in total. The van der Waals surface area contributed by atoms with Crippen LogP contribution in [0.5, 0.6) is 0 Å². The van der Waals surface area contributed by atoms with Gasteiger partial charge in [-0.25, -0.2) is 0 Å². The van der Waals surface area contributed by atoms with Crippen molar-refractivity contribution in [1.29, 1.82) is 0 Å². The first-order valence-corrected chi connectivity index (χ1v) is 7.48. The van der Waals surface area contributed by atoms with E-state index in [9.17, 15) is 4.79 Å². The molecule has 0 aliphatic rings. The van der Waals surface area contributed by atoms with E-state index in [1.807, 2.05) is 14.0 Å². The molecule has 21 heavy (non-hydrogen) atoms. The van der Waals surface area contributed by atoms with Crippen molar-refractivity contribution in [2.45, 2.75) is 13.3 Å². The Hall–Kier alpha value is -0.830. The highest BCUT2D eigenvalue weighted by Crippen LogP contribution is 2.09. The number of ether oxygens (including phenoxy) is 1. The summed E-state index contributed by atoms with van der Waals surface area (Å²) >= 11 is 1.76. The molecular formula is C14H24IN3O2S. The second-order valence-electron chi connectivity index (χ2n) is 4.60. The van der Waals surface area contributed by atoms with Gasteiger partial charge in [0.05, 0.1) is 13.0 Å². The molecule has 5 nitrogen and oxygen atoms in total. The molecule has 0 saturated carbocycles. The summed E-state index contributed by atoms with van der Waals surface area (Å²) in [5.41, 5.74) is 0. The molecule has 1 atom stereocenters. The van der Waals surface area contributed by atoms with Crippen LogP contribution in [0, 0.1) is 5.92 Å². The summed E-state index contributed by atoms with van der Waals surface area (Å²) in [6, 6.07) is 4.19. The highest BCUT2D eigenvalue weighted by atomic mass is 127. The van der Waals surface area contributed by atoms with Crippen LogP contribution >= 0.6 is 35.3 Å². The Morgan fingerprint density at radius 1 is 1.57 bits per heavy atom. The second-order valence-corrected chi connectivity index (χ2v) is 5.64. The number of methoxy groups -OCH3 is 1. The number of thiophene rings is 1. The molecule has 0 aromatic carbocycles. The third-order valence-electron chi connectivity index (χ3n) is 3.02. The van der Waals surface area contributed by atoms with Crippen molar-refractivity contribution in [2.24, 2.45) is 10.9 Å². The average molecular weight is 425 g/mol. The Morgan fingerprint density at radius 2 is 2.29 bits per heavy atom. The van der Waals surface area contributed by atoms with Crippen molar-refractivity contribution in [1.82, 2.24) is 10.2 Å².